The summed E-state index contributed by atoms with van der Waals surface area (Å²) in [5.41, 5.74) is 0. The second kappa shape index (κ2) is 18.1. The lowest BCUT2D eigenvalue weighted by molar-refractivity contribution is 0.156. The Labute approximate surface area is 109 Å². The van der Waals surface area contributed by atoms with Crippen molar-refractivity contribution in [1.82, 2.24) is 0 Å². The molecular weight excluding hydrogens is 208 g/mol. The van der Waals surface area contributed by atoms with Crippen LogP contribution in [-0.2, 0) is 0 Å². The molecule has 0 aromatic carbocycles. The van der Waals surface area contributed by atoms with Crippen LogP contribution in [0, 0.1) is 0 Å². The SMILES string of the molecule is C=CCCCCCC.CCCCCC(O)CC. The van der Waals surface area contributed by atoms with E-state index in [0.717, 1.165) is 12.8 Å². The van der Waals surface area contributed by atoms with Gasteiger partial charge in [-0.05, 0) is 25.7 Å². The predicted molar refractivity (Wildman–Crippen MR) is 79.4 cm³/mol. The van der Waals surface area contributed by atoms with E-state index in [1.165, 1.54) is 51.4 Å². The Hall–Kier alpha value is -0.300. The van der Waals surface area contributed by atoms with E-state index >= 15 is 0 Å². The predicted octanol–water partition coefficient (Wildman–Crippen LogP) is 5.48. The van der Waals surface area contributed by atoms with Crippen molar-refractivity contribution in [3.05, 3.63) is 12.7 Å². The van der Waals surface area contributed by atoms with E-state index in [-0.39, 0.29) is 6.10 Å². The summed E-state index contributed by atoms with van der Waals surface area (Å²) in [4.78, 5) is 0. The molecule has 0 aliphatic heterocycles. The third-order valence-electron chi connectivity index (χ3n) is 2.87. The second-order valence-corrected chi connectivity index (χ2v) is 4.70. The fourth-order valence-corrected chi connectivity index (χ4v) is 1.55. The molecule has 1 unspecified atom stereocenters. The highest BCUT2D eigenvalue weighted by molar-refractivity contribution is 4.64. The van der Waals surface area contributed by atoms with Crippen LogP contribution in [0.15, 0.2) is 12.7 Å². The van der Waals surface area contributed by atoms with Crippen LogP contribution in [0.2, 0.25) is 0 Å². The lowest BCUT2D eigenvalue weighted by Gasteiger charge is -2.04. The van der Waals surface area contributed by atoms with Crippen LogP contribution in [0.5, 0.6) is 0 Å². The quantitative estimate of drug-likeness (QED) is 0.397. The van der Waals surface area contributed by atoms with Gasteiger partial charge in [0.2, 0.25) is 0 Å². The van der Waals surface area contributed by atoms with Gasteiger partial charge in [-0.15, -0.1) is 6.58 Å². The average Bonchev–Trinajstić information content (AvgIpc) is 2.35. The van der Waals surface area contributed by atoms with E-state index in [0.29, 0.717) is 0 Å². The third-order valence-corrected chi connectivity index (χ3v) is 2.87. The topological polar surface area (TPSA) is 20.2 Å². The van der Waals surface area contributed by atoms with Crippen LogP contribution in [0.4, 0.5) is 0 Å². The number of allylic oxidation sites excluding steroid dienone is 1. The summed E-state index contributed by atoms with van der Waals surface area (Å²) in [6.45, 7) is 10.1. The van der Waals surface area contributed by atoms with E-state index in [4.69, 9.17) is 5.11 Å². The van der Waals surface area contributed by atoms with Crippen LogP contribution in [-0.4, -0.2) is 11.2 Å². The summed E-state index contributed by atoms with van der Waals surface area (Å²) < 4.78 is 0. The van der Waals surface area contributed by atoms with E-state index in [1.807, 2.05) is 13.0 Å². The molecule has 1 nitrogen and oxygen atoms in total. The van der Waals surface area contributed by atoms with Gasteiger partial charge in [0.1, 0.15) is 0 Å². The Balaban J connectivity index is 0. The highest BCUT2D eigenvalue weighted by Gasteiger charge is 1.97. The van der Waals surface area contributed by atoms with Crippen LogP contribution in [0.1, 0.15) is 85.0 Å². The lowest BCUT2D eigenvalue weighted by atomic mass is 10.1. The van der Waals surface area contributed by atoms with Gasteiger partial charge in [-0.1, -0.05) is 65.4 Å². The van der Waals surface area contributed by atoms with Gasteiger partial charge in [0.05, 0.1) is 6.10 Å². The van der Waals surface area contributed by atoms with Crippen molar-refractivity contribution in [3.8, 4) is 0 Å². The van der Waals surface area contributed by atoms with Gasteiger partial charge in [-0.2, -0.15) is 0 Å². The fourth-order valence-electron chi connectivity index (χ4n) is 1.55. The van der Waals surface area contributed by atoms with Crippen molar-refractivity contribution in [1.29, 1.82) is 0 Å². The molecule has 0 spiro atoms. The van der Waals surface area contributed by atoms with Gasteiger partial charge in [-0.3, -0.25) is 0 Å². The maximum Gasteiger partial charge on any atom is 0.0537 e. The number of rotatable bonds is 10. The average molecular weight is 242 g/mol. The van der Waals surface area contributed by atoms with Crippen molar-refractivity contribution in [2.45, 2.75) is 91.1 Å². The molecule has 0 aromatic rings. The summed E-state index contributed by atoms with van der Waals surface area (Å²) >= 11 is 0. The molecule has 17 heavy (non-hydrogen) atoms. The van der Waals surface area contributed by atoms with E-state index < -0.39 is 0 Å². The Bertz CT molecular complexity index is 131. The summed E-state index contributed by atoms with van der Waals surface area (Å²) in [6, 6.07) is 0. The number of hydrogen-bond donors (Lipinski definition) is 1. The van der Waals surface area contributed by atoms with Gasteiger partial charge in [0, 0.05) is 0 Å². The highest BCUT2D eigenvalue weighted by atomic mass is 16.3. The minimum absolute atomic E-state index is 0.0449. The second-order valence-electron chi connectivity index (χ2n) is 4.70. The molecule has 0 radical (unpaired) electrons. The largest absolute Gasteiger partial charge is 0.393 e. The van der Waals surface area contributed by atoms with Crippen molar-refractivity contribution in [2.75, 3.05) is 0 Å². The summed E-state index contributed by atoms with van der Waals surface area (Å²) in [6.07, 6.45) is 14.2. The standard InChI is InChI=1S/C8H18O.C8H16/c1-3-5-6-7-8(9)4-2;1-3-5-7-8-6-4-2/h8-9H,3-7H2,1-2H3;3H,1,4-8H2,2H3. The molecule has 0 amide bonds. The van der Waals surface area contributed by atoms with Crippen LogP contribution in [0.25, 0.3) is 0 Å². The molecule has 0 bridgehead atoms. The summed E-state index contributed by atoms with van der Waals surface area (Å²) in [5.74, 6) is 0. The minimum Gasteiger partial charge on any atom is -0.393 e. The van der Waals surface area contributed by atoms with Gasteiger partial charge in [0.25, 0.3) is 0 Å². The number of aliphatic hydroxyl groups excluding tert-OH is 1. The highest BCUT2D eigenvalue weighted by Crippen LogP contribution is 2.04. The molecule has 104 valence electrons. The molecule has 0 fully saturated rings. The van der Waals surface area contributed by atoms with Crippen LogP contribution < -0.4 is 0 Å². The molecule has 0 saturated carbocycles. The maximum absolute atomic E-state index is 9.08. The van der Waals surface area contributed by atoms with Crippen molar-refractivity contribution >= 4 is 0 Å². The normalized spacial score (nSPS) is 11.5. The first-order valence-corrected chi connectivity index (χ1v) is 7.51. The number of unbranched alkanes of at least 4 members (excludes halogenated alkanes) is 6. The molecule has 0 aliphatic carbocycles. The van der Waals surface area contributed by atoms with Crippen molar-refractivity contribution in [2.24, 2.45) is 0 Å². The molecule has 0 saturated heterocycles. The Morgan fingerprint density at radius 3 is 2.00 bits per heavy atom. The smallest absolute Gasteiger partial charge is 0.0537 e. The molecule has 0 aromatic heterocycles. The zero-order chi connectivity index (χ0) is 13.4. The van der Waals surface area contributed by atoms with Gasteiger partial charge >= 0.3 is 0 Å². The van der Waals surface area contributed by atoms with Gasteiger partial charge < -0.3 is 5.11 Å². The van der Waals surface area contributed by atoms with Gasteiger partial charge in [0.15, 0.2) is 0 Å². The Kier molecular flexibility index (Phi) is 20.3. The maximum atomic E-state index is 9.08. The molecular formula is C16H34O. The molecule has 0 rings (SSSR count). The number of aliphatic hydroxyl groups is 1. The van der Waals surface area contributed by atoms with Crippen molar-refractivity contribution in [3.63, 3.8) is 0 Å². The van der Waals surface area contributed by atoms with Crippen molar-refractivity contribution < 1.29 is 5.11 Å². The molecule has 0 heterocycles. The fraction of sp³-hybridized carbons (Fsp3) is 0.875. The molecule has 1 atom stereocenters. The lowest BCUT2D eigenvalue weighted by Crippen LogP contribution is -2.02. The molecule has 1 heteroatoms. The first-order chi connectivity index (χ1) is 8.22. The zero-order valence-corrected chi connectivity index (χ0v) is 12.4. The van der Waals surface area contributed by atoms with Crippen LogP contribution in [0.3, 0.4) is 0 Å². The summed E-state index contributed by atoms with van der Waals surface area (Å²) in [7, 11) is 0. The van der Waals surface area contributed by atoms with E-state index in [9.17, 15) is 0 Å². The monoisotopic (exact) mass is 242 g/mol. The van der Waals surface area contributed by atoms with E-state index in [1.54, 1.807) is 0 Å². The minimum atomic E-state index is -0.0449. The Morgan fingerprint density at radius 2 is 1.53 bits per heavy atom. The number of hydrogen-bond acceptors (Lipinski definition) is 1. The Morgan fingerprint density at radius 1 is 0.941 bits per heavy atom. The third kappa shape index (κ3) is 21.5. The molecule has 1 N–H and O–H groups in total. The van der Waals surface area contributed by atoms with Gasteiger partial charge in [-0.25, -0.2) is 0 Å². The molecule has 0 aliphatic rings. The first-order valence-electron chi connectivity index (χ1n) is 7.51. The first kappa shape index (κ1) is 19.0. The van der Waals surface area contributed by atoms with Crippen LogP contribution >= 0.6 is 0 Å². The zero-order valence-electron chi connectivity index (χ0n) is 12.4. The summed E-state index contributed by atoms with van der Waals surface area (Å²) in [5, 5.41) is 9.08. The van der Waals surface area contributed by atoms with E-state index in [2.05, 4.69) is 20.4 Å².